The Bertz CT molecular complexity index is 1010. The third-order valence-corrected chi connectivity index (χ3v) is 5.90. The molecule has 3 rings (SSSR count). The monoisotopic (exact) mass is 455 g/mol. The predicted molar refractivity (Wildman–Crippen MR) is 129 cm³/mol. The Labute approximate surface area is 191 Å². The molecular weight excluding hydrogens is 430 g/mol. The molecule has 0 aliphatic heterocycles. The first-order valence-electron chi connectivity index (χ1n) is 10.4. The molecule has 2 heterocycles. The van der Waals surface area contributed by atoms with E-state index in [4.69, 9.17) is 11.6 Å². The van der Waals surface area contributed by atoms with Crippen LogP contribution in [0.1, 0.15) is 49.9 Å². The minimum absolute atomic E-state index is 0.0503. The highest BCUT2D eigenvalue weighted by Crippen LogP contribution is 2.28. The van der Waals surface area contributed by atoms with E-state index in [-0.39, 0.29) is 17.7 Å². The van der Waals surface area contributed by atoms with Crippen molar-refractivity contribution in [2.75, 3.05) is 10.6 Å². The minimum atomic E-state index is -0.343. The van der Waals surface area contributed by atoms with E-state index in [0.717, 1.165) is 36.8 Å². The van der Waals surface area contributed by atoms with Crippen LogP contribution in [-0.4, -0.2) is 16.8 Å². The van der Waals surface area contributed by atoms with Crippen molar-refractivity contribution in [3.8, 4) is 11.1 Å². The van der Waals surface area contributed by atoms with Crippen LogP contribution in [0.5, 0.6) is 0 Å². The second-order valence-electron chi connectivity index (χ2n) is 7.35. The van der Waals surface area contributed by atoms with E-state index in [1.807, 2.05) is 22.9 Å². The van der Waals surface area contributed by atoms with Crippen molar-refractivity contribution in [1.82, 2.24) is 4.98 Å². The maximum Gasteiger partial charge on any atom is 0.258 e. The number of anilines is 2. The Hall–Kier alpha value is -2.70. The van der Waals surface area contributed by atoms with Gasteiger partial charge in [0.15, 0.2) is 0 Å². The molecule has 31 heavy (non-hydrogen) atoms. The smallest absolute Gasteiger partial charge is 0.258 e. The standard InChI is InChI=1S/C24H26ClN3O2S/c1-3-5-16(6-4-2)23(29)27-21-9-7-17(18-11-12-31-15-18)13-20(21)24(30)28-22-10-8-19(25)14-26-22/h7-16H,3-6H2,1-2H3,(H,27,29)(H,26,28,30). The molecule has 3 aromatic rings. The summed E-state index contributed by atoms with van der Waals surface area (Å²) < 4.78 is 0. The molecule has 0 aliphatic carbocycles. The van der Waals surface area contributed by atoms with Gasteiger partial charge in [-0.15, -0.1) is 0 Å². The minimum Gasteiger partial charge on any atom is -0.325 e. The quantitative estimate of drug-likeness (QED) is 0.369. The number of amides is 2. The molecule has 2 N–H and O–H groups in total. The van der Waals surface area contributed by atoms with Crippen molar-refractivity contribution in [3.63, 3.8) is 0 Å². The van der Waals surface area contributed by atoms with E-state index in [1.54, 1.807) is 35.6 Å². The van der Waals surface area contributed by atoms with Crippen LogP contribution >= 0.6 is 22.9 Å². The van der Waals surface area contributed by atoms with Crippen LogP contribution in [0.3, 0.4) is 0 Å². The van der Waals surface area contributed by atoms with Gasteiger partial charge in [0.1, 0.15) is 5.82 Å². The molecule has 0 radical (unpaired) electrons. The lowest BCUT2D eigenvalue weighted by molar-refractivity contribution is -0.120. The van der Waals surface area contributed by atoms with Crippen LogP contribution in [-0.2, 0) is 4.79 Å². The highest BCUT2D eigenvalue weighted by atomic mass is 35.5. The molecule has 2 amide bonds. The van der Waals surface area contributed by atoms with Gasteiger partial charge in [-0.25, -0.2) is 4.98 Å². The lowest BCUT2D eigenvalue weighted by Crippen LogP contribution is -2.25. The van der Waals surface area contributed by atoms with Crippen LogP contribution in [0, 0.1) is 5.92 Å². The fourth-order valence-corrected chi connectivity index (χ4v) is 4.20. The number of pyridine rings is 1. The summed E-state index contributed by atoms with van der Waals surface area (Å²) in [6.45, 7) is 4.15. The normalized spacial score (nSPS) is 10.8. The molecule has 0 saturated heterocycles. The summed E-state index contributed by atoms with van der Waals surface area (Å²) in [5.41, 5.74) is 2.82. The van der Waals surface area contributed by atoms with Crippen LogP contribution in [0.15, 0.2) is 53.4 Å². The molecule has 0 bridgehead atoms. The van der Waals surface area contributed by atoms with Crippen molar-refractivity contribution in [3.05, 3.63) is 63.9 Å². The van der Waals surface area contributed by atoms with E-state index in [2.05, 4.69) is 29.5 Å². The van der Waals surface area contributed by atoms with Gasteiger partial charge in [0.2, 0.25) is 5.91 Å². The predicted octanol–water partition coefficient (Wildman–Crippen LogP) is 6.87. The topological polar surface area (TPSA) is 71.1 Å². The van der Waals surface area contributed by atoms with Gasteiger partial charge in [-0.1, -0.05) is 44.4 Å². The van der Waals surface area contributed by atoms with Crippen molar-refractivity contribution in [2.45, 2.75) is 39.5 Å². The highest BCUT2D eigenvalue weighted by Gasteiger charge is 2.20. The number of carbonyl (C=O) groups is 2. The Morgan fingerprint density at radius 3 is 2.42 bits per heavy atom. The number of hydrogen-bond donors (Lipinski definition) is 2. The first-order valence-corrected chi connectivity index (χ1v) is 11.7. The van der Waals surface area contributed by atoms with Gasteiger partial charge in [0.05, 0.1) is 16.3 Å². The number of hydrogen-bond acceptors (Lipinski definition) is 4. The summed E-state index contributed by atoms with van der Waals surface area (Å²) in [6, 6.07) is 10.8. The SMILES string of the molecule is CCCC(CCC)C(=O)Nc1ccc(-c2ccsc2)cc1C(=O)Nc1ccc(Cl)cn1. The molecule has 0 fully saturated rings. The zero-order valence-electron chi connectivity index (χ0n) is 17.7. The van der Waals surface area contributed by atoms with Crippen LogP contribution in [0.4, 0.5) is 11.5 Å². The zero-order valence-corrected chi connectivity index (χ0v) is 19.2. The van der Waals surface area contributed by atoms with E-state index >= 15 is 0 Å². The number of benzene rings is 1. The first-order chi connectivity index (χ1) is 15.0. The van der Waals surface area contributed by atoms with Gasteiger partial charge in [0.25, 0.3) is 5.91 Å². The van der Waals surface area contributed by atoms with Gasteiger partial charge in [-0.2, -0.15) is 11.3 Å². The second-order valence-corrected chi connectivity index (χ2v) is 8.57. The van der Waals surface area contributed by atoms with E-state index in [0.29, 0.717) is 22.1 Å². The van der Waals surface area contributed by atoms with Gasteiger partial charge in [0, 0.05) is 12.1 Å². The number of rotatable bonds is 9. The summed E-state index contributed by atoms with van der Waals surface area (Å²) in [7, 11) is 0. The summed E-state index contributed by atoms with van der Waals surface area (Å²) in [6.07, 6.45) is 4.99. The molecule has 7 heteroatoms. The fraction of sp³-hybridized carbons (Fsp3) is 0.292. The summed E-state index contributed by atoms with van der Waals surface area (Å²) >= 11 is 7.47. The van der Waals surface area contributed by atoms with Crippen LogP contribution in [0.2, 0.25) is 5.02 Å². The maximum absolute atomic E-state index is 13.1. The van der Waals surface area contributed by atoms with E-state index in [9.17, 15) is 9.59 Å². The Balaban J connectivity index is 1.91. The molecule has 0 atom stereocenters. The zero-order chi connectivity index (χ0) is 22.2. The highest BCUT2D eigenvalue weighted by molar-refractivity contribution is 7.08. The number of thiophene rings is 1. The summed E-state index contributed by atoms with van der Waals surface area (Å²) in [4.78, 5) is 30.2. The average Bonchev–Trinajstić information content (AvgIpc) is 3.30. The van der Waals surface area contributed by atoms with Gasteiger partial charge >= 0.3 is 0 Å². The van der Waals surface area contributed by atoms with Crippen molar-refractivity contribution in [1.29, 1.82) is 0 Å². The number of aromatic nitrogens is 1. The average molecular weight is 456 g/mol. The third kappa shape index (κ3) is 6.15. The summed E-state index contributed by atoms with van der Waals surface area (Å²) in [5, 5.41) is 10.3. The molecule has 162 valence electrons. The molecule has 0 spiro atoms. The number of nitrogens with one attached hydrogen (secondary N) is 2. The lowest BCUT2D eigenvalue weighted by atomic mass is 9.96. The molecular formula is C24H26ClN3O2S. The Morgan fingerprint density at radius 1 is 1.03 bits per heavy atom. The summed E-state index contributed by atoms with van der Waals surface area (Å²) in [5.74, 6) is -0.0711. The fourth-order valence-electron chi connectivity index (χ4n) is 3.42. The van der Waals surface area contributed by atoms with E-state index < -0.39 is 0 Å². The van der Waals surface area contributed by atoms with E-state index in [1.165, 1.54) is 6.20 Å². The first kappa shape index (κ1) is 23.0. The molecule has 0 unspecified atom stereocenters. The molecule has 2 aromatic heterocycles. The largest absolute Gasteiger partial charge is 0.325 e. The van der Waals surface area contributed by atoms with Crippen LogP contribution < -0.4 is 10.6 Å². The van der Waals surface area contributed by atoms with Gasteiger partial charge in [-0.3, -0.25) is 9.59 Å². The maximum atomic E-state index is 13.1. The van der Waals surface area contributed by atoms with Crippen molar-refractivity contribution in [2.24, 2.45) is 5.92 Å². The van der Waals surface area contributed by atoms with Gasteiger partial charge in [-0.05, 0) is 65.1 Å². The Kier molecular flexibility index (Phi) is 8.20. The molecule has 1 aromatic carbocycles. The number of nitrogens with zero attached hydrogens (tertiary/aromatic N) is 1. The Morgan fingerprint density at radius 2 is 1.81 bits per heavy atom. The number of halogens is 1. The molecule has 5 nitrogen and oxygen atoms in total. The van der Waals surface area contributed by atoms with Crippen LogP contribution in [0.25, 0.3) is 11.1 Å². The lowest BCUT2D eigenvalue weighted by Gasteiger charge is -2.18. The van der Waals surface area contributed by atoms with Gasteiger partial charge < -0.3 is 10.6 Å². The second kappa shape index (κ2) is 11.1. The molecule has 0 aliphatic rings. The molecule has 0 saturated carbocycles. The number of carbonyl (C=O) groups excluding carboxylic acids is 2. The van der Waals surface area contributed by atoms with Crippen molar-refractivity contribution < 1.29 is 9.59 Å². The van der Waals surface area contributed by atoms with Crippen molar-refractivity contribution >= 4 is 46.3 Å². The third-order valence-electron chi connectivity index (χ3n) is 4.99.